The van der Waals surface area contributed by atoms with E-state index < -0.39 is 50.5 Å². The van der Waals surface area contributed by atoms with E-state index in [2.05, 4.69) is 0 Å². The number of alkyl halides is 7. The van der Waals surface area contributed by atoms with Crippen molar-refractivity contribution in [3.05, 3.63) is 65.5 Å². The van der Waals surface area contributed by atoms with E-state index in [0.717, 1.165) is 29.2 Å². The zero-order valence-electron chi connectivity index (χ0n) is 16.4. The van der Waals surface area contributed by atoms with Gasteiger partial charge >= 0.3 is 18.0 Å². The van der Waals surface area contributed by atoms with Gasteiger partial charge in [0.1, 0.15) is 10.6 Å². The molecule has 4 nitrogen and oxygen atoms in total. The predicted molar refractivity (Wildman–Crippen MR) is 98.9 cm³/mol. The summed E-state index contributed by atoms with van der Waals surface area (Å²) in [7, 11) is -4.42. The number of likely N-dealkylation sites (tertiary alicyclic amines) is 1. The lowest BCUT2D eigenvalue weighted by Crippen LogP contribution is -2.50. The van der Waals surface area contributed by atoms with Crippen LogP contribution in [0.4, 0.5) is 35.1 Å². The van der Waals surface area contributed by atoms with Gasteiger partial charge in [0.05, 0.1) is 4.90 Å². The van der Waals surface area contributed by atoms with Gasteiger partial charge < -0.3 is 4.90 Å². The third kappa shape index (κ3) is 3.85. The zero-order valence-corrected chi connectivity index (χ0v) is 17.2. The minimum Gasteiger partial charge on any atom is -0.343 e. The zero-order chi connectivity index (χ0) is 24.9. The van der Waals surface area contributed by atoms with Crippen molar-refractivity contribution in [2.45, 2.75) is 34.1 Å². The lowest BCUT2D eigenvalue weighted by molar-refractivity contribution is -0.348. The maximum absolute atomic E-state index is 14.3. The first-order valence-corrected chi connectivity index (χ1v) is 10.7. The molecule has 0 radical (unpaired) electrons. The number of carbonyl (C=O) groups is 1. The number of rotatable bonds is 5. The van der Waals surface area contributed by atoms with Crippen LogP contribution in [0, 0.1) is 5.82 Å². The molecule has 180 valence electrons. The van der Waals surface area contributed by atoms with E-state index in [-0.39, 0.29) is 35.6 Å². The second kappa shape index (κ2) is 7.96. The van der Waals surface area contributed by atoms with Crippen molar-refractivity contribution in [2.75, 3.05) is 13.1 Å². The van der Waals surface area contributed by atoms with Crippen LogP contribution in [0.2, 0.25) is 0 Å². The van der Waals surface area contributed by atoms with Crippen molar-refractivity contribution in [3.63, 3.8) is 0 Å². The first-order valence-electron chi connectivity index (χ1n) is 9.23. The lowest BCUT2D eigenvalue weighted by atomic mass is 9.90. The fourth-order valence-corrected chi connectivity index (χ4v) is 5.93. The number of amides is 1. The third-order valence-electron chi connectivity index (χ3n) is 5.64. The van der Waals surface area contributed by atoms with E-state index >= 15 is 0 Å². The molecule has 1 amide bonds. The highest BCUT2D eigenvalue weighted by molar-refractivity contribution is 7.92. The molecule has 0 saturated carbocycles. The van der Waals surface area contributed by atoms with Crippen LogP contribution in [0.1, 0.15) is 17.5 Å². The van der Waals surface area contributed by atoms with Crippen LogP contribution in [0.5, 0.6) is 0 Å². The van der Waals surface area contributed by atoms with Gasteiger partial charge in [0.25, 0.3) is 0 Å². The van der Waals surface area contributed by atoms with Crippen molar-refractivity contribution in [2.24, 2.45) is 0 Å². The van der Waals surface area contributed by atoms with Crippen LogP contribution in [-0.2, 0) is 25.0 Å². The number of hydrogen-bond acceptors (Lipinski definition) is 3. The summed E-state index contributed by atoms with van der Waals surface area (Å²) in [6.07, 6.45) is -12.6. The summed E-state index contributed by atoms with van der Waals surface area (Å²) in [4.78, 5) is 11.9. The van der Waals surface area contributed by atoms with Crippen molar-refractivity contribution in [1.29, 1.82) is 0 Å². The summed E-state index contributed by atoms with van der Waals surface area (Å²) in [5.74, 6) is -0.744. The van der Waals surface area contributed by atoms with E-state index in [1.807, 2.05) is 0 Å². The molecule has 33 heavy (non-hydrogen) atoms. The molecule has 1 saturated heterocycles. The van der Waals surface area contributed by atoms with Gasteiger partial charge in [-0.1, -0.05) is 24.3 Å². The lowest BCUT2D eigenvalue weighted by Gasteiger charge is -2.32. The summed E-state index contributed by atoms with van der Waals surface area (Å²) in [6.45, 7) is -0.543. The smallest absolute Gasteiger partial charge is 0.343 e. The normalized spacial score (nSPS) is 20.2. The van der Waals surface area contributed by atoms with Gasteiger partial charge in [-0.05, 0) is 36.2 Å². The molecular weight excluding hydrogens is 486 g/mol. The highest BCUT2D eigenvalue weighted by Crippen LogP contribution is 2.53. The maximum Gasteiger partial charge on any atom is 0.435 e. The quantitative estimate of drug-likeness (QED) is 0.341. The van der Waals surface area contributed by atoms with E-state index in [4.69, 9.17) is 0 Å². The molecule has 0 bridgehead atoms. The fraction of sp³-hybridized carbons (Fsp3) is 0.350. The SMILES string of the molecule is O=CN1CCC(c2ccc(C(F)(C(F)(F)F)C(F)(F)F)cc2)(S(=O)(=O)c2ccc(F)cc2)C1. The monoisotopic (exact) mass is 501 g/mol. The summed E-state index contributed by atoms with van der Waals surface area (Å²) < 4.78 is 131. The predicted octanol–water partition coefficient (Wildman–Crippen LogP) is 4.65. The summed E-state index contributed by atoms with van der Waals surface area (Å²) in [6, 6.07) is 5.39. The van der Waals surface area contributed by atoms with E-state index in [9.17, 15) is 48.3 Å². The Bertz CT molecular complexity index is 1110. The van der Waals surface area contributed by atoms with Crippen molar-refractivity contribution in [3.8, 4) is 0 Å². The number of hydrogen-bond donors (Lipinski definition) is 0. The Morgan fingerprint density at radius 1 is 0.848 bits per heavy atom. The van der Waals surface area contributed by atoms with E-state index in [1.165, 1.54) is 0 Å². The van der Waals surface area contributed by atoms with Crippen LogP contribution in [0.15, 0.2) is 53.4 Å². The minimum absolute atomic E-state index is 0.0795. The molecule has 0 spiro atoms. The molecular formula is C20H15F8NO3S. The maximum atomic E-state index is 14.3. The molecule has 0 aromatic heterocycles. The standard InChI is InChI=1S/C20H15F8NO3S/c21-15-5-7-16(8-6-15)33(31,32)17(9-10-29(11-17)12-30)13-1-3-14(4-2-13)18(22,19(23,24)25)20(26,27)28/h1-8,12H,9-11H2. The summed E-state index contributed by atoms with van der Waals surface area (Å²) >= 11 is 0. The Morgan fingerprint density at radius 2 is 1.36 bits per heavy atom. The molecule has 13 heteroatoms. The average molecular weight is 501 g/mol. The Morgan fingerprint density at radius 3 is 1.79 bits per heavy atom. The van der Waals surface area contributed by atoms with Gasteiger partial charge in [0, 0.05) is 18.7 Å². The number of halogens is 8. The third-order valence-corrected chi connectivity index (χ3v) is 8.13. The largest absolute Gasteiger partial charge is 0.435 e. The van der Waals surface area contributed by atoms with Crippen LogP contribution in [0.25, 0.3) is 0 Å². The molecule has 1 aliphatic heterocycles. The average Bonchev–Trinajstić information content (AvgIpc) is 3.18. The number of carbonyl (C=O) groups excluding carboxylic acids is 1. The Kier molecular flexibility index (Phi) is 6.01. The highest BCUT2D eigenvalue weighted by atomic mass is 32.2. The van der Waals surface area contributed by atoms with Gasteiger partial charge in [0.15, 0.2) is 9.84 Å². The molecule has 2 aromatic carbocycles. The molecule has 1 unspecified atom stereocenters. The fourth-order valence-electron chi connectivity index (χ4n) is 3.84. The Balaban J connectivity index is 2.16. The summed E-state index contributed by atoms with van der Waals surface area (Å²) in [5, 5.41) is 0. The van der Waals surface area contributed by atoms with Crippen LogP contribution >= 0.6 is 0 Å². The first kappa shape index (κ1) is 24.9. The molecule has 2 aromatic rings. The van der Waals surface area contributed by atoms with Gasteiger partial charge in [-0.25, -0.2) is 17.2 Å². The summed E-state index contributed by atoms with van der Waals surface area (Å²) in [5.41, 5.74) is -7.69. The second-order valence-electron chi connectivity index (χ2n) is 7.51. The highest BCUT2D eigenvalue weighted by Gasteiger charge is 2.73. The van der Waals surface area contributed by atoms with Crippen LogP contribution < -0.4 is 0 Å². The van der Waals surface area contributed by atoms with Crippen molar-refractivity contribution in [1.82, 2.24) is 4.90 Å². The Labute approximate surface area is 182 Å². The number of sulfone groups is 1. The number of benzene rings is 2. The Hall–Kier alpha value is -2.70. The van der Waals surface area contributed by atoms with Gasteiger partial charge in [-0.3, -0.25) is 4.79 Å². The minimum atomic E-state index is -6.33. The first-order chi connectivity index (χ1) is 15.1. The topological polar surface area (TPSA) is 54.5 Å². The van der Waals surface area contributed by atoms with Gasteiger partial charge in [-0.15, -0.1) is 0 Å². The second-order valence-corrected chi connectivity index (χ2v) is 9.77. The molecule has 1 heterocycles. The molecule has 0 N–H and O–H groups in total. The van der Waals surface area contributed by atoms with Gasteiger partial charge in [-0.2, -0.15) is 26.3 Å². The van der Waals surface area contributed by atoms with E-state index in [1.54, 1.807) is 0 Å². The van der Waals surface area contributed by atoms with Crippen molar-refractivity contribution >= 4 is 16.2 Å². The van der Waals surface area contributed by atoms with Gasteiger partial charge in [0.2, 0.25) is 6.41 Å². The van der Waals surface area contributed by atoms with Crippen LogP contribution in [-0.4, -0.2) is 45.2 Å². The molecule has 1 atom stereocenters. The molecule has 0 aliphatic carbocycles. The molecule has 1 fully saturated rings. The number of nitrogens with zero attached hydrogens (tertiary/aromatic N) is 1. The molecule has 1 aliphatic rings. The van der Waals surface area contributed by atoms with E-state index in [0.29, 0.717) is 18.5 Å². The molecule has 3 rings (SSSR count). The van der Waals surface area contributed by atoms with Crippen molar-refractivity contribution < 1.29 is 48.3 Å². The van der Waals surface area contributed by atoms with Crippen LogP contribution in [0.3, 0.4) is 0 Å².